The van der Waals surface area contributed by atoms with Crippen LogP contribution in [0.15, 0.2) is 17.1 Å². The van der Waals surface area contributed by atoms with Gasteiger partial charge in [-0.1, -0.05) is 13.8 Å². The maximum atomic E-state index is 15.6. The van der Waals surface area contributed by atoms with Crippen molar-refractivity contribution in [1.29, 1.82) is 0 Å². The average Bonchev–Trinajstić information content (AvgIpc) is 3.10. The number of nitrogens with two attached hydrogens (primary N) is 1. The van der Waals surface area contributed by atoms with Crippen molar-refractivity contribution in [2.24, 2.45) is 5.92 Å². The van der Waals surface area contributed by atoms with Crippen LogP contribution in [-0.4, -0.2) is 64.3 Å². The van der Waals surface area contributed by atoms with E-state index < -0.39 is 71.2 Å². The number of hydrogen-bond acceptors (Lipinski definition) is 11. The predicted molar refractivity (Wildman–Crippen MR) is 104 cm³/mol. The van der Waals surface area contributed by atoms with E-state index in [1.54, 1.807) is 0 Å². The molecule has 1 aromatic heterocycles. The lowest BCUT2D eigenvalue weighted by Gasteiger charge is -2.38. The van der Waals surface area contributed by atoms with Gasteiger partial charge < -0.3 is 35.2 Å². The van der Waals surface area contributed by atoms with E-state index in [-0.39, 0.29) is 5.82 Å². The zero-order chi connectivity index (χ0) is 25.2. The van der Waals surface area contributed by atoms with Gasteiger partial charge in [-0.25, -0.2) is 22.9 Å². The number of fused-ring (bicyclic) bond motifs is 1. The molecule has 33 heavy (non-hydrogen) atoms. The highest BCUT2D eigenvalue weighted by Crippen LogP contribution is 2.68. The number of nitrogen functional groups attached to an aromatic ring is 1. The van der Waals surface area contributed by atoms with Gasteiger partial charge in [0.05, 0.1) is 6.61 Å². The molecule has 188 valence electrons. The molecule has 1 aliphatic carbocycles. The molecule has 1 aromatic rings. The third-order valence-corrected chi connectivity index (χ3v) is 9.08. The van der Waals surface area contributed by atoms with Crippen molar-refractivity contribution >= 4 is 29.3 Å². The number of halogens is 1. The van der Waals surface area contributed by atoms with Crippen LogP contribution in [0.5, 0.6) is 0 Å². The Hall–Kier alpha value is -1.06. The van der Waals surface area contributed by atoms with Crippen molar-refractivity contribution in [2.75, 3.05) is 12.3 Å². The maximum absolute atomic E-state index is 15.6. The van der Waals surface area contributed by atoms with Crippen LogP contribution < -0.4 is 11.4 Å². The van der Waals surface area contributed by atoms with Crippen LogP contribution in [0.2, 0.25) is 0 Å². The second-order valence-electron chi connectivity index (χ2n) is 7.73. The van der Waals surface area contributed by atoms with Crippen LogP contribution in [-0.2, 0) is 31.6 Å². The van der Waals surface area contributed by atoms with Crippen LogP contribution in [0.3, 0.4) is 0 Å². The number of aliphatic hydroxyl groups excluding tert-OH is 1. The first-order valence-electron chi connectivity index (χ1n) is 9.02. The number of ether oxygens (including phenoxy) is 1. The number of nitrogens with zero attached hydrogens (tertiary/aromatic N) is 2. The lowest BCUT2D eigenvalue weighted by molar-refractivity contribution is -0.153. The first-order chi connectivity index (χ1) is 14.8. The van der Waals surface area contributed by atoms with Gasteiger partial charge >= 0.3 is 29.2 Å². The van der Waals surface area contributed by atoms with Crippen molar-refractivity contribution in [3.63, 3.8) is 0 Å². The van der Waals surface area contributed by atoms with Gasteiger partial charge in [0.15, 0.2) is 5.67 Å². The van der Waals surface area contributed by atoms with E-state index in [2.05, 4.69) is 18.1 Å². The van der Waals surface area contributed by atoms with E-state index in [9.17, 15) is 33.4 Å². The minimum absolute atomic E-state index is 0.107. The molecule has 0 amide bonds. The zero-order valence-corrected chi connectivity index (χ0v) is 19.5. The number of phosphoric ester groups is 1. The highest BCUT2D eigenvalue weighted by Gasteiger charge is 2.83. The Balaban J connectivity index is 1.78. The number of hydrogen-bond donors (Lipinski definition) is 6. The Kier molecular flexibility index (Phi) is 6.65. The maximum Gasteiger partial charge on any atom is 0.490 e. The van der Waals surface area contributed by atoms with Crippen LogP contribution in [0.1, 0.15) is 19.9 Å². The first kappa shape index (κ1) is 26.5. The minimum Gasteiger partial charge on any atom is -0.386 e. The van der Waals surface area contributed by atoms with Gasteiger partial charge in [-0.05, 0) is 12.0 Å². The Morgan fingerprint density at radius 2 is 1.85 bits per heavy atom. The minimum atomic E-state index is -5.77. The van der Waals surface area contributed by atoms with E-state index in [1.165, 1.54) is 19.9 Å². The highest BCUT2D eigenvalue weighted by molar-refractivity contribution is 7.66. The topological polar surface area (TPSA) is 250 Å². The van der Waals surface area contributed by atoms with Gasteiger partial charge in [0, 0.05) is 6.20 Å². The van der Waals surface area contributed by atoms with E-state index in [4.69, 9.17) is 20.3 Å². The molecule has 20 heteroatoms. The number of alkyl halides is 1. The largest absolute Gasteiger partial charge is 0.490 e. The van der Waals surface area contributed by atoms with Gasteiger partial charge in [0.25, 0.3) is 0 Å². The van der Waals surface area contributed by atoms with E-state index in [0.717, 1.165) is 10.8 Å². The van der Waals surface area contributed by atoms with Crippen LogP contribution in [0.4, 0.5) is 10.2 Å². The summed E-state index contributed by atoms with van der Waals surface area (Å²) in [5.41, 5.74) is -0.00280. The molecule has 16 nitrogen and oxygen atoms in total. The summed E-state index contributed by atoms with van der Waals surface area (Å²) in [4.78, 5) is 51.5. The monoisotopic (exact) mass is 539 g/mol. The predicted octanol–water partition coefficient (Wildman–Crippen LogP) is -0.414. The summed E-state index contributed by atoms with van der Waals surface area (Å²) in [5.74, 6) is -0.883. The molecule has 2 fully saturated rings. The SMILES string of the molecule is CC(C)C1(COP(=O)(O)OP(=O)(O)OP(=O)(O)O)OC2C(n3ccc(N)nc3=O)C2(F)C1O. The molecular formula is C13H21FN3O13P3. The molecule has 1 saturated heterocycles. The summed E-state index contributed by atoms with van der Waals surface area (Å²) < 4.78 is 68.1. The number of anilines is 1. The number of aromatic nitrogens is 2. The van der Waals surface area contributed by atoms with Crippen molar-refractivity contribution < 1.29 is 60.6 Å². The van der Waals surface area contributed by atoms with Gasteiger partial charge in [0.1, 0.15) is 29.7 Å². The lowest BCUT2D eigenvalue weighted by Crippen LogP contribution is -2.54. The summed E-state index contributed by atoms with van der Waals surface area (Å²) >= 11 is 0. The van der Waals surface area contributed by atoms with Crippen LogP contribution in [0.25, 0.3) is 0 Å². The second-order valence-corrected chi connectivity index (χ2v) is 12.1. The van der Waals surface area contributed by atoms with Crippen molar-refractivity contribution in [2.45, 2.75) is 43.4 Å². The average molecular weight is 539 g/mol. The fourth-order valence-electron chi connectivity index (χ4n) is 3.69. The van der Waals surface area contributed by atoms with Gasteiger partial charge in [-0.2, -0.15) is 13.6 Å². The van der Waals surface area contributed by atoms with Gasteiger partial charge in [0.2, 0.25) is 0 Å². The third kappa shape index (κ3) is 5.01. The molecule has 1 saturated carbocycles. The van der Waals surface area contributed by atoms with E-state index in [1.807, 2.05) is 0 Å². The zero-order valence-electron chi connectivity index (χ0n) is 16.9. The van der Waals surface area contributed by atoms with Crippen molar-refractivity contribution in [3.8, 4) is 0 Å². The highest BCUT2D eigenvalue weighted by atomic mass is 31.3. The summed E-state index contributed by atoms with van der Waals surface area (Å²) in [7, 11) is -16.9. The molecule has 7 atom stereocenters. The molecule has 1 aliphatic heterocycles. The fourth-order valence-corrected chi connectivity index (χ4v) is 6.75. The smallest absolute Gasteiger partial charge is 0.386 e. The standard InChI is InChI=1S/C13H21FN3O13P3/c1-6(2)12(5-27-32(23,24)30-33(25,26)29-31(20,21)22)10(18)13(14)8(9(13)28-12)17-4-3-7(15)16-11(17)19/h3-4,6,8-10,18H,5H2,1-2H3,(H,23,24)(H,25,26)(H2,15,16,19)(H2,20,21,22). The molecular weight excluding hydrogens is 518 g/mol. The quantitative estimate of drug-likeness (QED) is 0.218. The second kappa shape index (κ2) is 8.26. The Morgan fingerprint density at radius 1 is 1.24 bits per heavy atom. The number of rotatable bonds is 9. The van der Waals surface area contributed by atoms with E-state index in [0.29, 0.717) is 0 Å². The Bertz CT molecular complexity index is 1140. The summed E-state index contributed by atoms with van der Waals surface area (Å²) in [5, 5.41) is 10.8. The Morgan fingerprint density at radius 3 is 2.30 bits per heavy atom. The molecule has 3 rings (SSSR count). The van der Waals surface area contributed by atoms with Crippen LogP contribution >= 0.6 is 23.5 Å². The molecule has 2 aliphatic rings. The number of phosphoric acid groups is 3. The summed E-state index contributed by atoms with van der Waals surface area (Å²) in [6, 6.07) is -0.0533. The summed E-state index contributed by atoms with van der Waals surface area (Å²) in [6.07, 6.45) is -2.24. The van der Waals surface area contributed by atoms with Crippen molar-refractivity contribution in [1.82, 2.24) is 9.55 Å². The molecule has 0 aromatic carbocycles. The normalized spacial score (nSPS) is 35.1. The van der Waals surface area contributed by atoms with Crippen LogP contribution in [0, 0.1) is 5.92 Å². The van der Waals surface area contributed by atoms with Crippen molar-refractivity contribution in [3.05, 3.63) is 22.7 Å². The first-order valence-corrected chi connectivity index (χ1v) is 13.5. The van der Waals surface area contributed by atoms with Gasteiger partial charge in [-0.3, -0.25) is 9.09 Å². The fraction of sp³-hybridized carbons (Fsp3) is 0.692. The Labute approximate surface area is 184 Å². The number of aliphatic hydroxyl groups is 1. The molecule has 0 radical (unpaired) electrons. The molecule has 0 bridgehead atoms. The van der Waals surface area contributed by atoms with E-state index >= 15 is 4.39 Å². The van der Waals surface area contributed by atoms with Gasteiger partial charge in [-0.15, -0.1) is 0 Å². The molecule has 2 heterocycles. The summed E-state index contributed by atoms with van der Waals surface area (Å²) in [6.45, 7) is 1.84. The molecule has 7 N–H and O–H groups in total. The molecule has 7 unspecified atom stereocenters. The third-order valence-electron chi connectivity index (χ3n) is 5.29. The molecule has 0 spiro atoms. The lowest BCUT2D eigenvalue weighted by atomic mass is 9.83.